The van der Waals surface area contributed by atoms with E-state index < -0.39 is 34.4 Å². The second kappa shape index (κ2) is 6.64. The molecule has 3 heterocycles. The molecule has 2 aromatic heterocycles. The average molecular weight is 431 g/mol. The molecule has 1 aliphatic heterocycles. The van der Waals surface area contributed by atoms with Crippen LogP contribution in [-0.4, -0.2) is 37.9 Å². The Hall–Kier alpha value is -3.22. The van der Waals surface area contributed by atoms with Crippen molar-refractivity contribution < 1.29 is 22.7 Å². The third kappa shape index (κ3) is 3.10. The summed E-state index contributed by atoms with van der Waals surface area (Å²) in [5.74, 6) is -0.238. The number of halogens is 3. The van der Waals surface area contributed by atoms with E-state index in [-0.39, 0.29) is 17.7 Å². The van der Waals surface area contributed by atoms with E-state index in [1.54, 1.807) is 4.90 Å². The van der Waals surface area contributed by atoms with Crippen molar-refractivity contribution in [1.82, 2.24) is 19.9 Å². The number of nitriles is 1. The van der Waals surface area contributed by atoms with Gasteiger partial charge in [0.2, 0.25) is 0 Å². The van der Waals surface area contributed by atoms with Crippen LogP contribution in [0, 0.1) is 22.2 Å². The monoisotopic (exact) mass is 431 g/mol. The Morgan fingerprint density at radius 3 is 2.45 bits per heavy atom. The smallest absolute Gasteiger partial charge is 0.419 e. The zero-order valence-corrected chi connectivity index (χ0v) is 17.4. The highest BCUT2D eigenvalue weighted by Gasteiger charge is 2.67. The zero-order valence-electron chi connectivity index (χ0n) is 17.4. The predicted octanol–water partition coefficient (Wildman–Crippen LogP) is 3.60. The third-order valence-electron chi connectivity index (χ3n) is 6.21. The summed E-state index contributed by atoms with van der Waals surface area (Å²) >= 11 is 0. The van der Waals surface area contributed by atoms with Crippen LogP contribution < -0.4 is 4.74 Å². The van der Waals surface area contributed by atoms with E-state index >= 15 is 0 Å². The van der Waals surface area contributed by atoms with Gasteiger partial charge in [-0.15, -0.1) is 0 Å². The van der Waals surface area contributed by atoms with Gasteiger partial charge in [0.15, 0.2) is 5.69 Å². The lowest BCUT2D eigenvalue weighted by Gasteiger charge is -2.65. The molecule has 1 aliphatic carbocycles. The lowest BCUT2D eigenvalue weighted by atomic mass is 9.49. The number of hydrogen-bond donors (Lipinski definition) is 0. The van der Waals surface area contributed by atoms with E-state index in [2.05, 4.69) is 15.0 Å². The normalized spacial score (nSPS) is 23.7. The highest BCUT2D eigenvalue weighted by atomic mass is 19.4. The molecule has 0 radical (unpaired) electrons. The van der Waals surface area contributed by atoms with Gasteiger partial charge in [-0.2, -0.15) is 18.4 Å². The van der Waals surface area contributed by atoms with Crippen LogP contribution in [0.25, 0.3) is 0 Å². The predicted molar refractivity (Wildman–Crippen MR) is 102 cm³/mol. The summed E-state index contributed by atoms with van der Waals surface area (Å²) in [7, 11) is 0. The Morgan fingerprint density at radius 1 is 1.19 bits per heavy atom. The van der Waals surface area contributed by atoms with Crippen molar-refractivity contribution in [1.29, 1.82) is 5.26 Å². The van der Waals surface area contributed by atoms with E-state index in [0.717, 1.165) is 12.3 Å². The summed E-state index contributed by atoms with van der Waals surface area (Å²) in [5, 5.41) is 8.93. The number of fused-ring (bicyclic) bond motifs is 1. The molecule has 0 atom stereocenters. The van der Waals surface area contributed by atoms with E-state index in [0.29, 0.717) is 17.8 Å². The summed E-state index contributed by atoms with van der Waals surface area (Å²) in [6.07, 6.45) is -1.20. The first kappa shape index (κ1) is 21.0. The first-order chi connectivity index (χ1) is 14.4. The molecule has 1 saturated carbocycles. The highest BCUT2D eigenvalue weighted by molar-refractivity contribution is 5.97. The summed E-state index contributed by atoms with van der Waals surface area (Å²) in [5.41, 5.74) is -1.86. The molecule has 10 heteroatoms. The minimum atomic E-state index is -4.72. The van der Waals surface area contributed by atoms with E-state index in [1.807, 2.05) is 27.7 Å². The van der Waals surface area contributed by atoms with Crippen LogP contribution in [0.5, 0.6) is 5.75 Å². The van der Waals surface area contributed by atoms with Gasteiger partial charge in [-0.3, -0.25) is 4.79 Å². The maximum atomic E-state index is 13.3. The number of aromatic nitrogens is 3. The zero-order chi connectivity index (χ0) is 22.8. The van der Waals surface area contributed by atoms with Gasteiger partial charge in [0.05, 0.1) is 29.6 Å². The fourth-order valence-electron chi connectivity index (χ4n) is 5.42. The van der Waals surface area contributed by atoms with Gasteiger partial charge in [-0.05, 0) is 6.07 Å². The maximum absolute atomic E-state index is 13.3. The molecule has 31 heavy (non-hydrogen) atoms. The van der Waals surface area contributed by atoms with Crippen molar-refractivity contribution in [3.05, 3.63) is 47.3 Å². The summed E-state index contributed by atoms with van der Waals surface area (Å²) < 4.78 is 45.9. The van der Waals surface area contributed by atoms with Crippen molar-refractivity contribution in [3.8, 4) is 11.8 Å². The minimum Gasteiger partial charge on any atom is -0.488 e. The van der Waals surface area contributed by atoms with Gasteiger partial charge in [0.25, 0.3) is 5.91 Å². The highest BCUT2D eigenvalue weighted by Crippen LogP contribution is 2.59. The number of alkyl halides is 3. The number of amides is 1. The number of rotatable bonds is 3. The van der Waals surface area contributed by atoms with Gasteiger partial charge in [0, 0.05) is 23.1 Å². The molecular formula is C21H20F3N5O2. The molecule has 2 aromatic rings. The molecule has 1 fully saturated rings. The number of pyridine rings is 1. The molecule has 162 valence electrons. The maximum Gasteiger partial charge on any atom is 0.419 e. The van der Waals surface area contributed by atoms with Crippen molar-refractivity contribution in [2.45, 2.75) is 52.6 Å². The molecule has 0 bridgehead atoms. The second-order valence-electron chi connectivity index (χ2n) is 9.04. The standard InChI is InChI=1S/C21H20F3N5O2/c1-19(2)17(29-9-15-12(16(29)30)8-26-10-28-15)20(3,4)18(19)31-11-5-13(21(22,23)24)14(6-25)27-7-11/h5,7-8,10,17-18H,9H2,1-4H3/t17-,18-. The number of nitrogens with zero attached hydrogens (tertiary/aromatic N) is 5. The van der Waals surface area contributed by atoms with Gasteiger partial charge < -0.3 is 9.64 Å². The van der Waals surface area contributed by atoms with Crippen LogP contribution in [0.3, 0.4) is 0 Å². The fourth-order valence-corrected chi connectivity index (χ4v) is 5.42. The molecule has 0 spiro atoms. The SMILES string of the molecule is CC1(C)[C@H](Oc2cnc(C#N)c(C(F)(F)F)c2)C(C)(C)[C@H]1N1Cc2ncncc2C1=O. The fraction of sp³-hybridized carbons (Fsp3) is 0.476. The summed E-state index contributed by atoms with van der Waals surface area (Å²) in [6.45, 7) is 8.00. The molecule has 2 aliphatic rings. The molecule has 0 saturated heterocycles. The van der Waals surface area contributed by atoms with E-state index in [1.165, 1.54) is 18.6 Å². The Balaban J connectivity index is 1.62. The van der Waals surface area contributed by atoms with E-state index in [4.69, 9.17) is 10.00 Å². The van der Waals surface area contributed by atoms with E-state index in [9.17, 15) is 18.0 Å². The number of ether oxygens (including phenoxy) is 1. The Morgan fingerprint density at radius 2 is 1.87 bits per heavy atom. The van der Waals surface area contributed by atoms with Crippen LogP contribution in [0.4, 0.5) is 13.2 Å². The molecule has 1 amide bonds. The second-order valence-corrected chi connectivity index (χ2v) is 9.04. The molecule has 0 unspecified atom stereocenters. The molecule has 7 nitrogen and oxygen atoms in total. The molecular weight excluding hydrogens is 411 g/mol. The molecule has 0 N–H and O–H groups in total. The largest absolute Gasteiger partial charge is 0.488 e. The van der Waals surface area contributed by atoms with Crippen LogP contribution in [0.2, 0.25) is 0 Å². The first-order valence-corrected chi connectivity index (χ1v) is 9.63. The summed E-state index contributed by atoms with van der Waals surface area (Å²) in [6, 6.07) is 2.03. The van der Waals surface area contributed by atoms with Gasteiger partial charge in [-0.1, -0.05) is 27.7 Å². The lowest BCUT2D eigenvalue weighted by molar-refractivity contribution is -0.200. The van der Waals surface area contributed by atoms with Crippen molar-refractivity contribution in [2.75, 3.05) is 0 Å². The molecule has 4 rings (SSSR count). The Labute approximate surface area is 176 Å². The van der Waals surface area contributed by atoms with Gasteiger partial charge in [0.1, 0.15) is 24.3 Å². The van der Waals surface area contributed by atoms with Crippen LogP contribution in [0.15, 0.2) is 24.8 Å². The Kier molecular flexibility index (Phi) is 4.50. The molecule has 0 aromatic carbocycles. The van der Waals surface area contributed by atoms with Gasteiger partial charge >= 0.3 is 6.18 Å². The number of carbonyl (C=O) groups excluding carboxylic acids is 1. The van der Waals surface area contributed by atoms with Crippen molar-refractivity contribution in [2.24, 2.45) is 10.8 Å². The Bertz CT molecular complexity index is 1090. The number of carbonyl (C=O) groups is 1. The van der Waals surface area contributed by atoms with Crippen LogP contribution in [-0.2, 0) is 12.7 Å². The van der Waals surface area contributed by atoms with Crippen LogP contribution >= 0.6 is 0 Å². The summed E-state index contributed by atoms with van der Waals surface area (Å²) in [4.78, 5) is 26.4. The lowest BCUT2D eigenvalue weighted by Crippen LogP contribution is -2.74. The topological polar surface area (TPSA) is 92.0 Å². The first-order valence-electron chi connectivity index (χ1n) is 9.63. The van der Waals surface area contributed by atoms with Gasteiger partial charge in [-0.25, -0.2) is 15.0 Å². The quantitative estimate of drug-likeness (QED) is 0.737. The number of hydrogen-bond acceptors (Lipinski definition) is 6. The third-order valence-corrected chi connectivity index (χ3v) is 6.21. The van der Waals surface area contributed by atoms with Crippen molar-refractivity contribution in [3.63, 3.8) is 0 Å². The van der Waals surface area contributed by atoms with Crippen LogP contribution in [0.1, 0.15) is 55.0 Å². The van der Waals surface area contributed by atoms with Crippen molar-refractivity contribution >= 4 is 5.91 Å². The average Bonchev–Trinajstić information content (AvgIpc) is 3.00. The minimum absolute atomic E-state index is 0.0715.